The molecule has 0 atom stereocenters. The molecule has 3 rings (SSSR count). The number of thioether (sulfide) groups is 1. The van der Waals surface area contributed by atoms with Gasteiger partial charge < -0.3 is 9.67 Å². The number of phenols is 1. The summed E-state index contributed by atoms with van der Waals surface area (Å²) in [5.41, 5.74) is 6.07. The zero-order valence-electron chi connectivity index (χ0n) is 14.6. The van der Waals surface area contributed by atoms with Gasteiger partial charge in [-0.15, -0.1) is 0 Å². The first-order chi connectivity index (χ1) is 12.6. The number of carbonyl (C=O) groups excluding carboxylic acids is 1. The molecule has 0 aliphatic rings. The van der Waals surface area contributed by atoms with E-state index >= 15 is 0 Å². The van der Waals surface area contributed by atoms with Gasteiger partial charge >= 0.3 is 0 Å². The summed E-state index contributed by atoms with van der Waals surface area (Å²) in [4.78, 5) is 16.7. The highest BCUT2D eigenvalue weighted by molar-refractivity contribution is 7.99. The molecule has 1 amide bonds. The van der Waals surface area contributed by atoms with Gasteiger partial charge in [-0.3, -0.25) is 4.79 Å². The van der Waals surface area contributed by atoms with E-state index in [-0.39, 0.29) is 17.4 Å². The van der Waals surface area contributed by atoms with E-state index in [1.165, 1.54) is 11.8 Å². The van der Waals surface area contributed by atoms with Crippen molar-refractivity contribution in [3.63, 3.8) is 0 Å². The van der Waals surface area contributed by atoms with Crippen LogP contribution in [0.1, 0.15) is 19.4 Å². The van der Waals surface area contributed by atoms with Crippen molar-refractivity contribution in [1.29, 1.82) is 0 Å². The first kappa shape index (κ1) is 18.0. The third-order valence-electron chi connectivity index (χ3n) is 3.90. The van der Waals surface area contributed by atoms with Crippen molar-refractivity contribution in [1.82, 2.24) is 15.0 Å². The number of rotatable bonds is 6. The number of imidazole rings is 1. The Bertz CT molecular complexity index is 948. The second kappa shape index (κ2) is 8.05. The number of amides is 1. The van der Waals surface area contributed by atoms with E-state index in [0.717, 1.165) is 28.3 Å². The number of nitrogens with zero attached hydrogens (tertiary/aromatic N) is 3. The number of fused-ring (bicyclic) bond motifs is 1. The summed E-state index contributed by atoms with van der Waals surface area (Å²) < 4.78 is 2.10. The zero-order chi connectivity index (χ0) is 18.5. The molecule has 1 aromatic heterocycles. The third kappa shape index (κ3) is 4.05. The normalized spacial score (nSPS) is 11.7. The Labute approximate surface area is 155 Å². The van der Waals surface area contributed by atoms with Crippen LogP contribution >= 0.6 is 11.8 Å². The van der Waals surface area contributed by atoms with Gasteiger partial charge in [0.15, 0.2) is 5.16 Å². The Morgan fingerprint density at radius 1 is 1.23 bits per heavy atom. The number of hydrazone groups is 1. The van der Waals surface area contributed by atoms with Crippen LogP contribution in [-0.4, -0.2) is 32.0 Å². The molecule has 6 nitrogen and oxygen atoms in total. The van der Waals surface area contributed by atoms with Crippen molar-refractivity contribution in [2.45, 2.75) is 25.5 Å². The molecule has 2 aromatic carbocycles. The highest BCUT2D eigenvalue weighted by atomic mass is 32.2. The average molecular weight is 368 g/mol. The molecule has 0 bridgehead atoms. The number of para-hydroxylation sites is 2. The lowest BCUT2D eigenvalue weighted by Crippen LogP contribution is -2.21. The van der Waals surface area contributed by atoms with E-state index in [1.54, 1.807) is 31.2 Å². The molecule has 0 aliphatic carbocycles. The number of nitrogens with one attached hydrogen (secondary N) is 1. The van der Waals surface area contributed by atoms with E-state index < -0.39 is 0 Å². The Balaban J connectivity index is 1.62. The van der Waals surface area contributed by atoms with Gasteiger partial charge in [0.2, 0.25) is 0 Å². The maximum absolute atomic E-state index is 12.1. The van der Waals surface area contributed by atoms with E-state index in [4.69, 9.17) is 0 Å². The van der Waals surface area contributed by atoms with Crippen LogP contribution in [0.15, 0.2) is 58.8 Å². The Morgan fingerprint density at radius 2 is 1.96 bits per heavy atom. The number of aromatic hydroxyl groups is 1. The molecule has 3 aromatic rings. The Morgan fingerprint density at radius 3 is 2.69 bits per heavy atom. The smallest absolute Gasteiger partial charge is 0.250 e. The lowest BCUT2D eigenvalue weighted by Gasteiger charge is -2.05. The number of hydrogen-bond acceptors (Lipinski definition) is 5. The van der Waals surface area contributed by atoms with Crippen molar-refractivity contribution < 1.29 is 9.90 Å². The van der Waals surface area contributed by atoms with Crippen LogP contribution in [0.3, 0.4) is 0 Å². The summed E-state index contributed by atoms with van der Waals surface area (Å²) in [5.74, 6) is 0.235. The van der Waals surface area contributed by atoms with Crippen LogP contribution < -0.4 is 5.43 Å². The molecule has 0 saturated carbocycles. The quantitative estimate of drug-likeness (QED) is 0.397. The minimum absolute atomic E-state index is 0.192. The van der Waals surface area contributed by atoms with Crippen LogP contribution in [0.25, 0.3) is 11.0 Å². The lowest BCUT2D eigenvalue weighted by atomic mass is 10.1. The molecule has 0 aliphatic heterocycles. The molecule has 0 radical (unpaired) electrons. The van der Waals surface area contributed by atoms with Crippen molar-refractivity contribution >= 4 is 34.4 Å². The predicted molar refractivity (Wildman–Crippen MR) is 105 cm³/mol. The lowest BCUT2D eigenvalue weighted by molar-refractivity contribution is -0.118. The van der Waals surface area contributed by atoms with Crippen molar-refractivity contribution in [3.05, 3.63) is 54.1 Å². The van der Waals surface area contributed by atoms with Crippen LogP contribution in [0.5, 0.6) is 5.75 Å². The van der Waals surface area contributed by atoms with Gasteiger partial charge in [0.1, 0.15) is 5.75 Å². The second-order valence-electron chi connectivity index (χ2n) is 5.70. The Hall–Kier alpha value is -2.80. The Kier molecular flexibility index (Phi) is 5.58. The minimum Gasteiger partial charge on any atom is -0.508 e. The van der Waals surface area contributed by atoms with Gasteiger partial charge in [-0.1, -0.05) is 23.9 Å². The molecule has 0 unspecified atom stereocenters. The fourth-order valence-electron chi connectivity index (χ4n) is 2.54. The van der Waals surface area contributed by atoms with Crippen LogP contribution in [0.4, 0.5) is 0 Å². The second-order valence-corrected chi connectivity index (χ2v) is 6.64. The average Bonchev–Trinajstić information content (AvgIpc) is 3.02. The third-order valence-corrected chi connectivity index (χ3v) is 4.88. The highest BCUT2D eigenvalue weighted by Gasteiger charge is 2.11. The topological polar surface area (TPSA) is 79.5 Å². The van der Waals surface area contributed by atoms with E-state index in [9.17, 15) is 9.90 Å². The molecule has 7 heteroatoms. The molecular formula is C19H20N4O2S. The standard InChI is InChI=1S/C19H20N4O2S/c1-3-23-17-7-5-4-6-16(17)20-19(23)26-12-18(25)22-21-13(2)14-8-10-15(24)11-9-14/h4-11,24H,3,12H2,1-2H3,(H,22,25). The summed E-state index contributed by atoms with van der Waals surface area (Å²) in [5, 5.41) is 14.2. The van der Waals surface area contributed by atoms with Crippen molar-refractivity contribution in [2.24, 2.45) is 5.10 Å². The maximum atomic E-state index is 12.1. The summed E-state index contributed by atoms with van der Waals surface area (Å²) in [6.07, 6.45) is 0. The van der Waals surface area contributed by atoms with Gasteiger partial charge in [0.05, 0.1) is 22.5 Å². The number of hydrogen-bond donors (Lipinski definition) is 2. The number of phenolic OH excluding ortho intramolecular Hbond substituents is 1. The summed E-state index contributed by atoms with van der Waals surface area (Å²) in [7, 11) is 0. The molecular weight excluding hydrogens is 348 g/mol. The fraction of sp³-hybridized carbons (Fsp3) is 0.211. The zero-order valence-corrected chi connectivity index (χ0v) is 15.5. The van der Waals surface area contributed by atoms with Gasteiger partial charge in [0, 0.05) is 6.54 Å². The number of carbonyl (C=O) groups is 1. The van der Waals surface area contributed by atoms with E-state index in [2.05, 4.69) is 27.0 Å². The van der Waals surface area contributed by atoms with Crippen molar-refractivity contribution in [3.8, 4) is 5.75 Å². The van der Waals surface area contributed by atoms with Gasteiger partial charge in [-0.2, -0.15) is 5.10 Å². The van der Waals surface area contributed by atoms with E-state index in [0.29, 0.717) is 5.71 Å². The summed E-state index contributed by atoms with van der Waals surface area (Å²) in [6, 6.07) is 14.6. The SMILES string of the molecule is CCn1c(SCC(=O)NN=C(C)c2ccc(O)cc2)nc2ccccc21. The first-order valence-corrected chi connectivity index (χ1v) is 9.27. The molecule has 1 heterocycles. The van der Waals surface area contributed by atoms with Crippen molar-refractivity contribution in [2.75, 3.05) is 5.75 Å². The number of aromatic nitrogens is 2. The van der Waals surface area contributed by atoms with Gasteiger partial charge in [0.25, 0.3) is 5.91 Å². The largest absolute Gasteiger partial charge is 0.508 e. The first-order valence-electron chi connectivity index (χ1n) is 8.29. The summed E-state index contributed by atoms with van der Waals surface area (Å²) >= 11 is 1.39. The number of benzene rings is 2. The van der Waals surface area contributed by atoms with E-state index in [1.807, 2.05) is 24.3 Å². The van der Waals surface area contributed by atoms with Crippen LogP contribution in [-0.2, 0) is 11.3 Å². The molecule has 0 spiro atoms. The molecule has 0 fully saturated rings. The minimum atomic E-state index is -0.192. The predicted octanol–water partition coefficient (Wildman–Crippen LogP) is 3.39. The summed E-state index contributed by atoms with van der Waals surface area (Å²) in [6.45, 7) is 4.66. The van der Waals surface area contributed by atoms with Gasteiger partial charge in [-0.05, 0) is 55.8 Å². The molecule has 26 heavy (non-hydrogen) atoms. The highest BCUT2D eigenvalue weighted by Crippen LogP contribution is 2.23. The maximum Gasteiger partial charge on any atom is 0.250 e. The fourth-order valence-corrected chi connectivity index (χ4v) is 3.42. The molecule has 0 saturated heterocycles. The number of aryl methyl sites for hydroxylation is 1. The van der Waals surface area contributed by atoms with Crippen LogP contribution in [0.2, 0.25) is 0 Å². The molecule has 134 valence electrons. The monoisotopic (exact) mass is 368 g/mol. The van der Waals surface area contributed by atoms with Crippen LogP contribution in [0, 0.1) is 0 Å². The van der Waals surface area contributed by atoms with Gasteiger partial charge in [-0.25, -0.2) is 10.4 Å². The molecule has 2 N–H and O–H groups in total.